The molecule has 24 heavy (non-hydrogen) atoms. The molecule has 0 bridgehead atoms. The van der Waals surface area contributed by atoms with Gasteiger partial charge in [0.15, 0.2) is 5.16 Å². The zero-order valence-corrected chi connectivity index (χ0v) is 15.1. The number of aromatic nitrogens is 2. The number of imide groups is 1. The summed E-state index contributed by atoms with van der Waals surface area (Å²) in [5.41, 5.74) is 3.35. The molecule has 1 aromatic carbocycles. The molecule has 0 aliphatic heterocycles. The molecule has 3 amide bonds. The summed E-state index contributed by atoms with van der Waals surface area (Å²) in [5, 5.41) is 5.13. The first-order chi connectivity index (χ1) is 11.4. The second-order valence-electron chi connectivity index (χ2n) is 5.48. The number of thioether (sulfide) groups is 1. The van der Waals surface area contributed by atoms with E-state index >= 15 is 0 Å². The summed E-state index contributed by atoms with van der Waals surface area (Å²) >= 11 is 1.31. The van der Waals surface area contributed by atoms with Gasteiger partial charge in [-0.1, -0.05) is 29.5 Å². The van der Waals surface area contributed by atoms with E-state index in [4.69, 9.17) is 0 Å². The smallest absolute Gasteiger partial charge is 0.321 e. The fraction of sp³-hybridized carbons (Fsp3) is 0.353. The lowest BCUT2D eigenvalue weighted by Crippen LogP contribution is -2.42. The van der Waals surface area contributed by atoms with E-state index in [-0.39, 0.29) is 5.91 Å². The Morgan fingerprint density at radius 1 is 1.33 bits per heavy atom. The van der Waals surface area contributed by atoms with Gasteiger partial charge in [-0.05, 0) is 39.3 Å². The van der Waals surface area contributed by atoms with Gasteiger partial charge in [-0.25, -0.2) is 9.78 Å². The minimum atomic E-state index is -0.479. The average Bonchev–Trinajstić information content (AvgIpc) is 2.95. The van der Waals surface area contributed by atoms with E-state index in [0.29, 0.717) is 11.7 Å². The van der Waals surface area contributed by atoms with Crippen LogP contribution >= 0.6 is 11.8 Å². The van der Waals surface area contributed by atoms with Crippen molar-refractivity contribution in [3.8, 4) is 5.69 Å². The topological polar surface area (TPSA) is 76.0 Å². The maximum absolute atomic E-state index is 12.1. The van der Waals surface area contributed by atoms with Crippen molar-refractivity contribution in [2.45, 2.75) is 38.1 Å². The lowest BCUT2D eigenvalue weighted by Gasteiger charge is -2.14. The third-order valence-corrected chi connectivity index (χ3v) is 4.52. The molecule has 0 saturated carbocycles. The molecular weight excluding hydrogens is 324 g/mol. The molecule has 0 fully saturated rings. The van der Waals surface area contributed by atoms with Crippen LogP contribution in [0.2, 0.25) is 0 Å². The minimum absolute atomic E-state index is 0.346. The summed E-state index contributed by atoms with van der Waals surface area (Å²) in [5.74, 6) is -0.346. The van der Waals surface area contributed by atoms with Gasteiger partial charge in [-0.2, -0.15) is 0 Å². The number of nitrogens with one attached hydrogen (secondary N) is 2. The molecule has 2 N–H and O–H groups in total. The number of urea groups is 1. The van der Waals surface area contributed by atoms with E-state index in [1.807, 2.05) is 36.7 Å². The number of benzene rings is 1. The monoisotopic (exact) mass is 346 g/mol. The number of nitrogens with zero attached hydrogens (tertiary/aromatic N) is 2. The first kappa shape index (κ1) is 18.1. The number of imidazole rings is 1. The molecule has 7 heteroatoms. The Kier molecular flexibility index (Phi) is 6.03. The molecule has 128 valence electrons. The number of carbonyl (C=O) groups is 2. The Hall–Kier alpha value is -2.28. The predicted molar refractivity (Wildman–Crippen MR) is 95.6 cm³/mol. The number of rotatable bonds is 5. The lowest BCUT2D eigenvalue weighted by molar-refractivity contribution is -0.119. The fourth-order valence-corrected chi connectivity index (χ4v) is 3.14. The molecule has 0 spiro atoms. The quantitative estimate of drug-likeness (QED) is 0.816. The molecular formula is C17H22N4O2S. The molecule has 6 nitrogen and oxygen atoms in total. The van der Waals surface area contributed by atoms with Gasteiger partial charge in [-0.15, -0.1) is 0 Å². The fourth-order valence-electron chi connectivity index (χ4n) is 2.27. The molecule has 0 aliphatic carbocycles. The zero-order valence-electron chi connectivity index (χ0n) is 14.3. The highest BCUT2D eigenvalue weighted by atomic mass is 32.2. The van der Waals surface area contributed by atoms with E-state index < -0.39 is 11.3 Å². The largest absolute Gasteiger partial charge is 0.338 e. The van der Waals surface area contributed by atoms with Crippen LogP contribution in [0, 0.1) is 13.8 Å². The molecule has 0 aliphatic rings. The second-order valence-corrected chi connectivity index (χ2v) is 6.79. The maximum atomic E-state index is 12.1. The highest BCUT2D eigenvalue weighted by Crippen LogP contribution is 2.26. The van der Waals surface area contributed by atoms with Crippen LogP contribution in [0.1, 0.15) is 25.0 Å². The van der Waals surface area contributed by atoms with Crippen LogP contribution in [-0.4, -0.2) is 33.3 Å². The third-order valence-electron chi connectivity index (χ3n) is 3.44. The van der Waals surface area contributed by atoms with Gasteiger partial charge in [-0.3, -0.25) is 14.7 Å². The van der Waals surface area contributed by atoms with E-state index in [1.54, 1.807) is 20.0 Å². The van der Waals surface area contributed by atoms with E-state index in [0.717, 1.165) is 11.3 Å². The van der Waals surface area contributed by atoms with Crippen LogP contribution in [0.5, 0.6) is 0 Å². The molecule has 2 rings (SSSR count). The minimum Gasteiger partial charge on any atom is -0.338 e. The first-order valence-corrected chi connectivity index (χ1v) is 8.66. The number of aryl methyl sites for hydroxylation is 2. The number of hydrogen-bond donors (Lipinski definition) is 2. The van der Waals surface area contributed by atoms with Gasteiger partial charge in [0, 0.05) is 18.9 Å². The van der Waals surface area contributed by atoms with Gasteiger partial charge >= 0.3 is 6.03 Å². The summed E-state index contributed by atoms with van der Waals surface area (Å²) in [7, 11) is 0. The summed E-state index contributed by atoms with van der Waals surface area (Å²) in [6, 6.07) is 5.71. The van der Waals surface area contributed by atoms with Crippen molar-refractivity contribution in [1.29, 1.82) is 0 Å². The second kappa shape index (κ2) is 8.01. The molecule has 2 aromatic rings. The van der Waals surface area contributed by atoms with Crippen molar-refractivity contribution in [2.75, 3.05) is 6.54 Å². The van der Waals surface area contributed by atoms with Crippen molar-refractivity contribution in [1.82, 2.24) is 20.2 Å². The number of carbonyl (C=O) groups excluding carboxylic acids is 2. The summed E-state index contributed by atoms with van der Waals surface area (Å²) in [6.45, 7) is 8.11. The van der Waals surface area contributed by atoms with Crippen molar-refractivity contribution in [3.05, 3.63) is 41.7 Å². The van der Waals surface area contributed by atoms with Crippen LogP contribution < -0.4 is 10.6 Å². The van der Waals surface area contributed by atoms with Gasteiger partial charge in [0.1, 0.15) is 0 Å². The zero-order chi connectivity index (χ0) is 17.7. The van der Waals surface area contributed by atoms with E-state index in [9.17, 15) is 9.59 Å². The van der Waals surface area contributed by atoms with Crippen LogP contribution in [0.4, 0.5) is 4.79 Å². The van der Waals surface area contributed by atoms with E-state index in [1.165, 1.54) is 17.3 Å². The molecule has 1 heterocycles. The van der Waals surface area contributed by atoms with Crippen molar-refractivity contribution >= 4 is 23.7 Å². The Morgan fingerprint density at radius 2 is 2.08 bits per heavy atom. The van der Waals surface area contributed by atoms with Crippen LogP contribution in [0.3, 0.4) is 0 Å². The highest BCUT2D eigenvalue weighted by molar-refractivity contribution is 8.00. The highest BCUT2D eigenvalue weighted by Gasteiger charge is 2.19. The number of hydrogen-bond acceptors (Lipinski definition) is 4. The summed E-state index contributed by atoms with van der Waals surface area (Å²) in [4.78, 5) is 27.9. The molecule has 1 aromatic heterocycles. The summed E-state index contributed by atoms with van der Waals surface area (Å²) < 4.78 is 1.95. The SMILES string of the molecule is CCNC(=O)NC(=O)[C@H](C)Sc1nccn1-c1ccc(C)cc1C. The molecule has 0 radical (unpaired) electrons. The Morgan fingerprint density at radius 3 is 2.75 bits per heavy atom. The summed E-state index contributed by atoms with van der Waals surface area (Å²) in [6.07, 6.45) is 3.57. The van der Waals surface area contributed by atoms with Crippen LogP contribution in [-0.2, 0) is 4.79 Å². The van der Waals surface area contributed by atoms with E-state index in [2.05, 4.69) is 21.7 Å². The van der Waals surface area contributed by atoms with Crippen molar-refractivity contribution in [2.24, 2.45) is 0 Å². The Balaban J connectivity index is 2.13. The molecule has 0 unspecified atom stereocenters. The van der Waals surface area contributed by atoms with Gasteiger partial charge in [0.2, 0.25) is 5.91 Å². The van der Waals surface area contributed by atoms with Gasteiger partial charge < -0.3 is 5.32 Å². The first-order valence-electron chi connectivity index (χ1n) is 7.78. The van der Waals surface area contributed by atoms with Crippen molar-refractivity contribution in [3.63, 3.8) is 0 Å². The standard InChI is InChI=1S/C17H22N4O2S/c1-5-18-16(23)20-15(22)13(4)24-17-19-8-9-21(17)14-7-6-11(2)10-12(14)3/h6-10,13H,5H2,1-4H3,(H2,18,20,22,23)/t13-/m0/s1. The van der Waals surface area contributed by atoms with Gasteiger partial charge in [0.05, 0.1) is 10.9 Å². The average molecular weight is 346 g/mol. The number of amides is 3. The normalized spacial score (nSPS) is 11.8. The van der Waals surface area contributed by atoms with Crippen LogP contribution in [0.25, 0.3) is 5.69 Å². The Labute approximate surface area is 146 Å². The van der Waals surface area contributed by atoms with Gasteiger partial charge in [0.25, 0.3) is 0 Å². The molecule has 1 atom stereocenters. The molecule has 0 saturated heterocycles. The van der Waals surface area contributed by atoms with Crippen LogP contribution in [0.15, 0.2) is 35.7 Å². The van der Waals surface area contributed by atoms with Crippen molar-refractivity contribution < 1.29 is 9.59 Å². The lowest BCUT2D eigenvalue weighted by atomic mass is 10.1. The predicted octanol–water partition coefficient (Wildman–Crippen LogP) is 2.82. The Bertz CT molecular complexity index is 742. The third kappa shape index (κ3) is 4.38. The maximum Gasteiger partial charge on any atom is 0.321 e.